The summed E-state index contributed by atoms with van der Waals surface area (Å²) >= 11 is 0. The normalized spacial score (nSPS) is 24.7. The van der Waals surface area contributed by atoms with Crippen molar-refractivity contribution in [3.05, 3.63) is 54.1 Å². The Balaban J connectivity index is 1.79. The van der Waals surface area contributed by atoms with Crippen molar-refractivity contribution >= 4 is 19.2 Å². The summed E-state index contributed by atoms with van der Waals surface area (Å²) in [7, 11) is -0.641. The van der Waals surface area contributed by atoms with E-state index in [1.807, 2.05) is 12.1 Å². The van der Waals surface area contributed by atoms with E-state index in [9.17, 15) is 5.11 Å². The van der Waals surface area contributed by atoms with Gasteiger partial charge in [0.2, 0.25) is 0 Å². The van der Waals surface area contributed by atoms with Gasteiger partial charge in [0.15, 0.2) is 0 Å². The number of phenols is 1. The molecular formula is C18H21N2OP. The van der Waals surface area contributed by atoms with Crippen molar-refractivity contribution in [2.75, 3.05) is 17.8 Å². The van der Waals surface area contributed by atoms with E-state index in [0.717, 1.165) is 18.4 Å². The molecule has 2 aromatic rings. The van der Waals surface area contributed by atoms with Crippen LogP contribution in [0.3, 0.4) is 0 Å². The molecule has 22 heavy (non-hydrogen) atoms. The lowest BCUT2D eigenvalue weighted by molar-refractivity contribution is 0.464. The SMILES string of the molecule is Cc1ccc(O)c([P@]2N(c3ccccc3)C[C@@H]3CCCN32)c1. The number of fused-ring (bicyclic) bond motifs is 1. The first kappa shape index (κ1) is 14.0. The molecule has 2 aliphatic rings. The van der Waals surface area contributed by atoms with Gasteiger partial charge in [0.1, 0.15) is 14.0 Å². The number of aromatic hydroxyl groups is 1. The van der Waals surface area contributed by atoms with Crippen molar-refractivity contribution in [1.82, 2.24) is 4.67 Å². The van der Waals surface area contributed by atoms with Crippen LogP contribution in [0, 0.1) is 6.92 Å². The molecule has 0 aliphatic carbocycles. The summed E-state index contributed by atoms with van der Waals surface area (Å²) in [4.78, 5) is 0. The predicted octanol–water partition coefficient (Wildman–Crippen LogP) is 3.62. The van der Waals surface area contributed by atoms with Crippen LogP contribution in [0.2, 0.25) is 0 Å². The monoisotopic (exact) mass is 312 g/mol. The summed E-state index contributed by atoms with van der Waals surface area (Å²) in [6, 6.07) is 17.3. The number of para-hydroxylation sites is 1. The average molecular weight is 312 g/mol. The van der Waals surface area contributed by atoms with Crippen molar-refractivity contribution in [3.63, 3.8) is 0 Å². The number of benzene rings is 2. The van der Waals surface area contributed by atoms with Crippen LogP contribution in [0.5, 0.6) is 5.75 Å². The number of aryl methyl sites for hydroxylation is 1. The van der Waals surface area contributed by atoms with Gasteiger partial charge >= 0.3 is 0 Å². The second-order valence-corrected chi connectivity index (χ2v) is 8.22. The van der Waals surface area contributed by atoms with Gasteiger partial charge in [-0.3, -0.25) is 4.67 Å². The minimum absolute atomic E-state index is 0.435. The van der Waals surface area contributed by atoms with Crippen LogP contribution in [0.15, 0.2) is 48.5 Å². The number of hydrogen-bond donors (Lipinski definition) is 1. The molecule has 0 radical (unpaired) electrons. The van der Waals surface area contributed by atoms with Gasteiger partial charge in [-0.1, -0.05) is 29.8 Å². The number of hydrogen-bond acceptors (Lipinski definition) is 3. The Morgan fingerprint density at radius 3 is 2.77 bits per heavy atom. The van der Waals surface area contributed by atoms with Crippen LogP contribution >= 0.6 is 8.22 Å². The maximum atomic E-state index is 10.4. The summed E-state index contributed by atoms with van der Waals surface area (Å²) in [6.45, 7) is 4.32. The topological polar surface area (TPSA) is 26.7 Å². The van der Waals surface area contributed by atoms with Crippen LogP contribution in [0.25, 0.3) is 0 Å². The molecule has 0 unspecified atom stereocenters. The highest BCUT2D eigenvalue weighted by Gasteiger charge is 2.44. The molecule has 0 spiro atoms. The summed E-state index contributed by atoms with van der Waals surface area (Å²) in [5.74, 6) is 0.435. The molecule has 2 saturated heterocycles. The van der Waals surface area contributed by atoms with Crippen molar-refractivity contribution in [3.8, 4) is 5.75 Å². The highest BCUT2D eigenvalue weighted by Crippen LogP contribution is 2.56. The Morgan fingerprint density at radius 2 is 1.95 bits per heavy atom. The predicted molar refractivity (Wildman–Crippen MR) is 92.9 cm³/mol. The van der Waals surface area contributed by atoms with Gasteiger partial charge in [0, 0.05) is 24.8 Å². The van der Waals surface area contributed by atoms with Crippen LogP contribution < -0.4 is 9.97 Å². The van der Waals surface area contributed by atoms with Crippen molar-refractivity contribution < 1.29 is 5.11 Å². The van der Waals surface area contributed by atoms with E-state index in [1.165, 1.54) is 24.1 Å². The molecule has 3 nitrogen and oxygen atoms in total. The number of nitrogens with zero attached hydrogens (tertiary/aromatic N) is 2. The van der Waals surface area contributed by atoms with E-state index in [0.29, 0.717) is 11.8 Å². The average Bonchev–Trinajstić information content (AvgIpc) is 3.11. The molecule has 4 heteroatoms. The first-order valence-electron chi connectivity index (χ1n) is 7.93. The summed E-state index contributed by atoms with van der Waals surface area (Å²) in [5.41, 5.74) is 2.48. The maximum absolute atomic E-state index is 10.4. The Kier molecular flexibility index (Phi) is 3.56. The van der Waals surface area contributed by atoms with Crippen molar-refractivity contribution in [2.45, 2.75) is 25.8 Å². The smallest absolute Gasteiger partial charge is 0.126 e. The van der Waals surface area contributed by atoms with Crippen LogP contribution in [-0.2, 0) is 0 Å². The van der Waals surface area contributed by atoms with Gasteiger partial charge < -0.3 is 9.78 Å². The molecule has 2 heterocycles. The zero-order valence-electron chi connectivity index (χ0n) is 12.8. The van der Waals surface area contributed by atoms with Gasteiger partial charge in [0.25, 0.3) is 0 Å². The van der Waals surface area contributed by atoms with Gasteiger partial charge in [0.05, 0.1) is 5.30 Å². The molecule has 0 saturated carbocycles. The Labute approximate surface area is 133 Å². The van der Waals surface area contributed by atoms with E-state index >= 15 is 0 Å². The number of phenolic OH excluding ortho intramolecular Hbond substituents is 1. The molecular weight excluding hydrogens is 291 g/mol. The zero-order chi connectivity index (χ0) is 15.1. The fraction of sp³-hybridized carbons (Fsp3) is 0.333. The van der Waals surface area contributed by atoms with Gasteiger partial charge in [-0.05, 0) is 44.0 Å². The molecule has 2 aliphatic heterocycles. The van der Waals surface area contributed by atoms with Gasteiger partial charge in [-0.2, -0.15) is 0 Å². The molecule has 2 atom stereocenters. The first-order chi connectivity index (χ1) is 10.7. The third-order valence-corrected chi connectivity index (χ3v) is 7.26. The Morgan fingerprint density at radius 1 is 1.14 bits per heavy atom. The highest BCUT2D eigenvalue weighted by atomic mass is 31.1. The Hall–Kier alpha value is -1.57. The fourth-order valence-electron chi connectivity index (χ4n) is 3.55. The van der Waals surface area contributed by atoms with E-state index < -0.39 is 8.22 Å². The lowest BCUT2D eigenvalue weighted by Crippen LogP contribution is -2.23. The lowest BCUT2D eigenvalue weighted by Gasteiger charge is -2.31. The van der Waals surface area contributed by atoms with Crippen molar-refractivity contribution in [2.24, 2.45) is 0 Å². The van der Waals surface area contributed by atoms with Crippen LogP contribution in [0.1, 0.15) is 18.4 Å². The van der Waals surface area contributed by atoms with Gasteiger partial charge in [-0.15, -0.1) is 0 Å². The van der Waals surface area contributed by atoms with Crippen LogP contribution in [-0.4, -0.2) is 28.9 Å². The minimum atomic E-state index is -0.641. The third kappa shape index (κ3) is 2.29. The van der Waals surface area contributed by atoms with Crippen LogP contribution in [0.4, 0.5) is 5.69 Å². The zero-order valence-corrected chi connectivity index (χ0v) is 13.7. The molecule has 0 bridgehead atoms. The van der Waals surface area contributed by atoms with E-state index in [2.05, 4.69) is 52.7 Å². The largest absolute Gasteiger partial charge is 0.507 e. The molecule has 114 valence electrons. The first-order valence-corrected chi connectivity index (χ1v) is 9.17. The third-order valence-electron chi connectivity index (χ3n) is 4.60. The summed E-state index contributed by atoms with van der Waals surface area (Å²) < 4.78 is 5.13. The fourth-order valence-corrected chi connectivity index (χ4v) is 6.48. The van der Waals surface area contributed by atoms with E-state index in [-0.39, 0.29) is 0 Å². The minimum Gasteiger partial charge on any atom is -0.507 e. The van der Waals surface area contributed by atoms with E-state index in [1.54, 1.807) is 0 Å². The quantitative estimate of drug-likeness (QED) is 0.858. The van der Waals surface area contributed by atoms with Crippen molar-refractivity contribution in [1.29, 1.82) is 0 Å². The van der Waals surface area contributed by atoms with E-state index in [4.69, 9.17) is 0 Å². The maximum Gasteiger partial charge on any atom is 0.126 e. The molecule has 4 rings (SSSR count). The molecule has 1 N–H and O–H groups in total. The molecule has 2 aromatic carbocycles. The second-order valence-electron chi connectivity index (χ2n) is 6.16. The number of anilines is 1. The standard InChI is InChI=1S/C18H21N2OP/c1-14-9-10-17(21)18(12-14)22-19-11-5-8-16(19)13-20(22)15-6-3-2-4-7-15/h2-4,6-7,9-10,12,16,21H,5,8,11,13H2,1H3/t16-,22-/m0/s1. The number of rotatable bonds is 2. The van der Waals surface area contributed by atoms with Gasteiger partial charge in [-0.25, -0.2) is 0 Å². The Bertz CT molecular complexity index is 676. The molecule has 0 aromatic heterocycles. The lowest BCUT2D eigenvalue weighted by atomic mass is 10.2. The summed E-state index contributed by atoms with van der Waals surface area (Å²) in [5, 5.41) is 11.5. The molecule has 2 fully saturated rings. The summed E-state index contributed by atoms with van der Waals surface area (Å²) in [6.07, 6.45) is 2.55. The second kappa shape index (κ2) is 5.57. The highest BCUT2D eigenvalue weighted by molar-refractivity contribution is 7.65. The molecule has 0 amide bonds.